The second kappa shape index (κ2) is 5.95. The van der Waals surface area contributed by atoms with Crippen molar-refractivity contribution in [3.63, 3.8) is 0 Å². The van der Waals surface area contributed by atoms with Crippen LogP contribution in [-0.2, 0) is 10.0 Å². The van der Waals surface area contributed by atoms with Gasteiger partial charge < -0.3 is 10.0 Å². The van der Waals surface area contributed by atoms with E-state index in [1.54, 1.807) is 13.8 Å². The first-order chi connectivity index (χ1) is 7.04. The van der Waals surface area contributed by atoms with Gasteiger partial charge in [0.25, 0.3) is 0 Å². The topological polar surface area (TPSA) is 60.9 Å². The third-order valence-electron chi connectivity index (χ3n) is 2.16. The number of sulfonamides is 1. The Morgan fingerprint density at radius 1 is 1.19 bits per heavy atom. The molecule has 0 aliphatic carbocycles. The molecule has 0 saturated heterocycles. The van der Waals surface area contributed by atoms with Gasteiger partial charge in [0.15, 0.2) is 0 Å². The Morgan fingerprint density at radius 2 is 1.69 bits per heavy atom. The molecule has 0 fully saturated rings. The van der Waals surface area contributed by atoms with Crippen molar-refractivity contribution in [3.8, 4) is 0 Å². The molecular formula is C10H24N2O3S. The number of aliphatic hydroxyl groups is 1. The molecule has 0 aliphatic heterocycles. The van der Waals surface area contributed by atoms with Crippen molar-refractivity contribution in [2.24, 2.45) is 0 Å². The molecule has 0 aromatic rings. The molecule has 98 valence electrons. The highest BCUT2D eigenvalue weighted by Crippen LogP contribution is 2.04. The second-order valence-corrected chi connectivity index (χ2v) is 7.30. The first kappa shape index (κ1) is 15.8. The van der Waals surface area contributed by atoms with Crippen molar-refractivity contribution in [1.82, 2.24) is 9.21 Å². The Hall–Kier alpha value is -0.170. The standard InChI is InChI=1S/C10H24N2O3S/c1-10(2,13)9-12(5)7-6-8-16(14,15)11(3)4/h13H,6-9H2,1-5H3. The van der Waals surface area contributed by atoms with E-state index in [1.807, 2.05) is 11.9 Å². The van der Waals surface area contributed by atoms with Crippen molar-refractivity contribution in [2.45, 2.75) is 25.9 Å². The van der Waals surface area contributed by atoms with E-state index in [0.717, 1.165) is 0 Å². The lowest BCUT2D eigenvalue weighted by molar-refractivity contribution is 0.0447. The van der Waals surface area contributed by atoms with Crippen molar-refractivity contribution in [1.29, 1.82) is 0 Å². The molecule has 0 amide bonds. The predicted molar refractivity (Wildman–Crippen MR) is 65.9 cm³/mol. The summed E-state index contributed by atoms with van der Waals surface area (Å²) in [5.74, 6) is 0.149. The normalized spacial score (nSPS) is 13.8. The lowest BCUT2D eigenvalue weighted by atomic mass is 10.1. The Kier molecular flexibility index (Phi) is 5.89. The van der Waals surface area contributed by atoms with Gasteiger partial charge in [0, 0.05) is 20.6 Å². The van der Waals surface area contributed by atoms with Crippen LogP contribution in [0.5, 0.6) is 0 Å². The van der Waals surface area contributed by atoms with Crippen LogP contribution in [0.2, 0.25) is 0 Å². The van der Waals surface area contributed by atoms with Crippen molar-refractivity contribution in [3.05, 3.63) is 0 Å². The maximum absolute atomic E-state index is 11.5. The van der Waals surface area contributed by atoms with Gasteiger partial charge in [-0.15, -0.1) is 0 Å². The second-order valence-electron chi connectivity index (χ2n) is 5.00. The Morgan fingerprint density at radius 3 is 2.06 bits per heavy atom. The largest absolute Gasteiger partial charge is 0.389 e. The van der Waals surface area contributed by atoms with E-state index < -0.39 is 15.6 Å². The van der Waals surface area contributed by atoms with E-state index in [-0.39, 0.29) is 5.75 Å². The lowest BCUT2D eigenvalue weighted by Gasteiger charge is -2.25. The van der Waals surface area contributed by atoms with Crippen molar-refractivity contribution in [2.75, 3.05) is 40.0 Å². The van der Waals surface area contributed by atoms with Gasteiger partial charge >= 0.3 is 0 Å². The molecule has 0 aliphatic rings. The predicted octanol–water partition coefficient (Wildman–Crippen LogP) is -0.0294. The molecule has 6 heteroatoms. The molecule has 0 bridgehead atoms. The highest BCUT2D eigenvalue weighted by atomic mass is 32.2. The molecule has 0 heterocycles. The van der Waals surface area contributed by atoms with E-state index in [9.17, 15) is 13.5 Å². The minimum atomic E-state index is -3.09. The average molecular weight is 252 g/mol. The van der Waals surface area contributed by atoms with Gasteiger partial charge in [-0.3, -0.25) is 0 Å². The summed E-state index contributed by atoms with van der Waals surface area (Å²) in [5, 5.41) is 9.57. The van der Waals surface area contributed by atoms with Crippen LogP contribution in [0.4, 0.5) is 0 Å². The van der Waals surface area contributed by atoms with Crippen LogP contribution in [0, 0.1) is 0 Å². The summed E-state index contributed by atoms with van der Waals surface area (Å²) >= 11 is 0. The Labute approximate surface area is 99.1 Å². The van der Waals surface area contributed by atoms with Gasteiger partial charge in [0.05, 0.1) is 11.4 Å². The fourth-order valence-electron chi connectivity index (χ4n) is 1.44. The first-order valence-corrected chi connectivity index (χ1v) is 6.97. The van der Waals surface area contributed by atoms with Crippen LogP contribution in [0.15, 0.2) is 0 Å². The zero-order valence-corrected chi connectivity index (χ0v) is 11.7. The van der Waals surface area contributed by atoms with Gasteiger partial charge in [0.2, 0.25) is 10.0 Å². The summed E-state index contributed by atoms with van der Waals surface area (Å²) in [6.45, 7) is 4.67. The number of nitrogens with zero attached hydrogens (tertiary/aromatic N) is 2. The van der Waals surface area contributed by atoms with Gasteiger partial charge in [-0.2, -0.15) is 0 Å². The van der Waals surface area contributed by atoms with E-state index in [0.29, 0.717) is 19.5 Å². The summed E-state index contributed by atoms with van der Waals surface area (Å²) in [5.41, 5.74) is -0.741. The fourth-order valence-corrected chi connectivity index (χ4v) is 2.30. The number of rotatable bonds is 7. The smallest absolute Gasteiger partial charge is 0.213 e. The van der Waals surface area contributed by atoms with Gasteiger partial charge in [-0.25, -0.2) is 12.7 Å². The highest BCUT2D eigenvalue weighted by Gasteiger charge is 2.17. The maximum Gasteiger partial charge on any atom is 0.213 e. The monoisotopic (exact) mass is 252 g/mol. The molecule has 0 spiro atoms. The third-order valence-corrected chi connectivity index (χ3v) is 4.07. The molecule has 0 atom stereocenters. The van der Waals surface area contributed by atoms with Crippen molar-refractivity contribution >= 4 is 10.0 Å². The zero-order chi connectivity index (χ0) is 13.0. The molecule has 1 N–H and O–H groups in total. The summed E-state index contributed by atoms with van der Waals surface area (Å²) in [6.07, 6.45) is 0.576. The summed E-state index contributed by atoms with van der Waals surface area (Å²) in [6, 6.07) is 0. The quantitative estimate of drug-likeness (QED) is 0.691. The number of hydrogen-bond donors (Lipinski definition) is 1. The summed E-state index contributed by atoms with van der Waals surface area (Å²) in [4.78, 5) is 1.94. The Balaban J connectivity index is 3.92. The zero-order valence-electron chi connectivity index (χ0n) is 10.9. The minimum Gasteiger partial charge on any atom is -0.389 e. The maximum atomic E-state index is 11.5. The molecule has 0 saturated carbocycles. The molecule has 16 heavy (non-hydrogen) atoms. The third kappa shape index (κ3) is 7.16. The fraction of sp³-hybridized carbons (Fsp3) is 1.00. The van der Waals surface area contributed by atoms with Gasteiger partial charge in [-0.1, -0.05) is 0 Å². The number of hydrogen-bond acceptors (Lipinski definition) is 4. The molecule has 0 rings (SSSR count). The lowest BCUT2D eigenvalue weighted by Crippen LogP contribution is -2.37. The minimum absolute atomic E-state index is 0.149. The summed E-state index contributed by atoms with van der Waals surface area (Å²) < 4.78 is 24.1. The number of likely N-dealkylation sites (N-methyl/N-ethyl adjacent to an activating group) is 1. The molecule has 5 nitrogen and oxygen atoms in total. The van der Waals surface area contributed by atoms with Crippen LogP contribution < -0.4 is 0 Å². The molecule has 0 aromatic heterocycles. The van der Waals surface area contributed by atoms with E-state index in [4.69, 9.17) is 0 Å². The van der Waals surface area contributed by atoms with Crippen LogP contribution in [-0.4, -0.2) is 68.3 Å². The van der Waals surface area contributed by atoms with Crippen LogP contribution in [0.1, 0.15) is 20.3 Å². The molecule has 0 unspecified atom stereocenters. The first-order valence-electron chi connectivity index (χ1n) is 5.36. The Bertz CT molecular complexity index is 294. The average Bonchev–Trinajstić information content (AvgIpc) is 1.99. The highest BCUT2D eigenvalue weighted by molar-refractivity contribution is 7.89. The van der Waals surface area contributed by atoms with Crippen LogP contribution >= 0.6 is 0 Å². The summed E-state index contributed by atoms with van der Waals surface area (Å²) in [7, 11) is 1.86. The molecule has 0 radical (unpaired) electrons. The van der Waals surface area contributed by atoms with E-state index >= 15 is 0 Å². The SMILES string of the molecule is CN(CCCS(=O)(=O)N(C)C)CC(C)(C)O. The van der Waals surface area contributed by atoms with Gasteiger partial charge in [0.1, 0.15) is 0 Å². The van der Waals surface area contributed by atoms with Crippen molar-refractivity contribution < 1.29 is 13.5 Å². The van der Waals surface area contributed by atoms with Crippen LogP contribution in [0.3, 0.4) is 0 Å². The molecular weight excluding hydrogens is 228 g/mol. The van der Waals surface area contributed by atoms with E-state index in [1.165, 1.54) is 18.4 Å². The molecule has 0 aromatic carbocycles. The van der Waals surface area contributed by atoms with E-state index in [2.05, 4.69) is 0 Å². The van der Waals surface area contributed by atoms with Crippen LogP contribution in [0.25, 0.3) is 0 Å². The van der Waals surface area contributed by atoms with Gasteiger partial charge in [-0.05, 0) is 33.9 Å².